The quantitative estimate of drug-likeness (QED) is 0.406. The van der Waals surface area contributed by atoms with Crippen molar-refractivity contribution in [1.29, 1.82) is 0 Å². The maximum absolute atomic E-state index is 13.9. The van der Waals surface area contributed by atoms with Crippen LogP contribution in [-0.4, -0.2) is 4.57 Å². The summed E-state index contributed by atoms with van der Waals surface area (Å²) in [5.41, 5.74) is 3.15. The van der Waals surface area contributed by atoms with Crippen molar-refractivity contribution in [2.24, 2.45) is 0 Å². The molecule has 0 saturated heterocycles. The van der Waals surface area contributed by atoms with E-state index in [-0.39, 0.29) is 5.57 Å². The number of benzene rings is 3. The molecule has 1 heterocycles. The number of rotatable bonds is 4. The minimum absolute atomic E-state index is 0.00592. The molecule has 0 amide bonds. The Kier molecular flexibility index (Phi) is 4.36. The van der Waals surface area contributed by atoms with Gasteiger partial charge in [0, 0.05) is 29.2 Å². The molecule has 0 aliphatic heterocycles. The minimum atomic E-state index is -1.67. The van der Waals surface area contributed by atoms with Gasteiger partial charge in [-0.15, -0.1) is 0 Å². The van der Waals surface area contributed by atoms with Crippen molar-refractivity contribution in [2.75, 3.05) is 0 Å². The van der Waals surface area contributed by atoms with Crippen molar-refractivity contribution < 1.29 is 8.78 Å². The fraction of sp³-hybridized carbons (Fsp3) is 0.0435. The van der Waals surface area contributed by atoms with Crippen molar-refractivity contribution in [1.82, 2.24) is 4.57 Å². The molecule has 0 atom stereocenters. The molecule has 0 radical (unpaired) electrons. The highest BCUT2D eigenvalue weighted by molar-refractivity contribution is 5.97. The molecular weight excluding hydrogens is 328 g/mol. The van der Waals surface area contributed by atoms with Gasteiger partial charge in [0.1, 0.15) is 0 Å². The molecule has 0 bridgehead atoms. The van der Waals surface area contributed by atoms with E-state index in [1.54, 1.807) is 24.3 Å². The summed E-state index contributed by atoms with van der Waals surface area (Å²) >= 11 is 0. The van der Waals surface area contributed by atoms with Gasteiger partial charge < -0.3 is 4.57 Å². The third-order valence-corrected chi connectivity index (χ3v) is 4.51. The summed E-state index contributed by atoms with van der Waals surface area (Å²) in [5, 5.41) is 0.829. The summed E-state index contributed by atoms with van der Waals surface area (Å²) in [4.78, 5) is 0. The Hall–Kier alpha value is -3.20. The van der Waals surface area contributed by atoms with Crippen LogP contribution >= 0.6 is 0 Å². The molecular formula is C23H17F2N. The second kappa shape index (κ2) is 6.96. The van der Waals surface area contributed by atoms with Gasteiger partial charge in [-0.05, 0) is 17.2 Å². The van der Waals surface area contributed by atoms with Crippen LogP contribution in [0.3, 0.4) is 0 Å². The van der Waals surface area contributed by atoms with Crippen LogP contribution in [0.1, 0.15) is 16.7 Å². The summed E-state index contributed by atoms with van der Waals surface area (Å²) in [6.07, 6.45) is 0.165. The van der Waals surface area contributed by atoms with Crippen LogP contribution in [0.4, 0.5) is 8.78 Å². The van der Waals surface area contributed by atoms with Gasteiger partial charge in [0.15, 0.2) is 0 Å². The maximum atomic E-state index is 13.9. The monoisotopic (exact) mass is 345 g/mol. The Morgan fingerprint density at radius 1 is 0.731 bits per heavy atom. The van der Waals surface area contributed by atoms with Crippen LogP contribution in [0.15, 0.2) is 97.2 Å². The van der Waals surface area contributed by atoms with E-state index in [1.165, 1.54) is 0 Å². The predicted octanol–water partition coefficient (Wildman–Crippen LogP) is 6.35. The lowest BCUT2D eigenvalue weighted by Crippen LogP contribution is -1.97. The van der Waals surface area contributed by atoms with Gasteiger partial charge in [-0.25, -0.2) is 0 Å². The molecule has 0 saturated carbocycles. The first-order valence-electron chi connectivity index (χ1n) is 8.47. The number of halogens is 2. The number of fused-ring (bicyclic) bond motifs is 1. The molecule has 1 nitrogen and oxygen atoms in total. The lowest BCUT2D eigenvalue weighted by atomic mass is 9.99. The molecule has 26 heavy (non-hydrogen) atoms. The van der Waals surface area contributed by atoms with Crippen LogP contribution in [0.5, 0.6) is 0 Å². The predicted molar refractivity (Wildman–Crippen MR) is 102 cm³/mol. The van der Waals surface area contributed by atoms with Gasteiger partial charge in [-0.3, -0.25) is 0 Å². The van der Waals surface area contributed by atoms with Gasteiger partial charge >= 0.3 is 0 Å². The molecule has 3 heteroatoms. The first-order valence-corrected chi connectivity index (χ1v) is 8.47. The van der Waals surface area contributed by atoms with E-state index in [1.807, 2.05) is 71.4 Å². The molecule has 4 rings (SSSR count). The van der Waals surface area contributed by atoms with Gasteiger partial charge in [0.25, 0.3) is 6.08 Å². The van der Waals surface area contributed by atoms with E-state index in [4.69, 9.17) is 0 Å². The van der Waals surface area contributed by atoms with Gasteiger partial charge in [0.2, 0.25) is 0 Å². The van der Waals surface area contributed by atoms with Crippen molar-refractivity contribution in [3.8, 4) is 0 Å². The zero-order valence-corrected chi connectivity index (χ0v) is 14.1. The summed E-state index contributed by atoms with van der Waals surface area (Å²) in [5.74, 6) is 0. The second-order valence-corrected chi connectivity index (χ2v) is 6.17. The zero-order chi connectivity index (χ0) is 17.9. The van der Waals surface area contributed by atoms with E-state index < -0.39 is 6.08 Å². The van der Waals surface area contributed by atoms with E-state index >= 15 is 0 Å². The average molecular weight is 345 g/mol. The number of para-hydroxylation sites is 1. The smallest absolute Gasteiger partial charge is 0.278 e. The van der Waals surface area contributed by atoms with Crippen molar-refractivity contribution >= 4 is 16.5 Å². The molecule has 0 spiro atoms. The van der Waals surface area contributed by atoms with Crippen molar-refractivity contribution in [3.63, 3.8) is 0 Å². The van der Waals surface area contributed by atoms with E-state index in [9.17, 15) is 8.78 Å². The number of aromatic nitrogens is 1. The molecule has 128 valence electrons. The van der Waals surface area contributed by atoms with Crippen LogP contribution in [-0.2, 0) is 6.54 Å². The lowest BCUT2D eigenvalue weighted by molar-refractivity contribution is 0.426. The first-order chi connectivity index (χ1) is 12.7. The van der Waals surface area contributed by atoms with Crippen LogP contribution < -0.4 is 0 Å². The third-order valence-electron chi connectivity index (χ3n) is 4.51. The highest BCUT2D eigenvalue weighted by Gasteiger charge is 2.18. The number of nitrogens with zero attached hydrogens (tertiary/aromatic N) is 1. The lowest BCUT2D eigenvalue weighted by Gasteiger charge is -2.06. The highest BCUT2D eigenvalue weighted by Crippen LogP contribution is 2.35. The Balaban J connectivity index is 1.89. The van der Waals surface area contributed by atoms with Crippen LogP contribution in [0.25, 0.3) is 16.5 Å². The fourth-order valence-electron chi connectivity index (χ4n) is 3.33. The average Bonchev–Trinajstić information content (AvgIpc) is 3.02. The minimum Gasteiger partial charge on any atom is -0.342 e. The first kappa shape index (κ1) is 16.3. The Morgan fingerprint density at radius 3 is 2.04 bits per heavy atom. The van der Waals surface area contributed by atoms with Gasteiger partial charge in [-0.2, -0.15) is 8.78 Å². The summed E-state index contributed by atoms with van der Waals surface area (Å²) in [6.45, 7) is 0.636. The van der Waals surface area contributed by atoms with E-state index in [0.717, 1.165) is 16.5 Å². The summed E-state index contributed by atoms with van der Waals surface area (Å²) in [6, 6.07) is 26.5. The number of hydrogen-bond donors (Lipinski definition) is 0. The topological polar surface area (TPSA) is 4.93 Å². The van der Waals surface area contributed by atoms with Crippen molar-refractivity contribution in [3.05, 3.63) is 114 Å². The SMILES string of the molecule is FC(F)=C(c1ccccc1)c1cn(Cc2ccccc2)c2ccccc12. The maximum Gasteiger partial charge on any atom is 0.278 e. The van der Waals surface area contributed by atoms with Crippen LogP contribution in [0, 0.1) is 0 Å². The summed E-state index contributed by atoms with van der Waals surface area (Å²) in [7, 11) is 0. The molecule has 0 N–H and O–H groups in total. The molecule has 0 aliphatic rings. The molecule has 0 aliphatic carbocycles. The molecule has 4 aromatic rings. The molecule has 0 fully saturated rings. The zero-order valence-electron chi connectivity index (χ0n) is 14.1. The van der Waals surface area contributed by atoms with Crippen molar-refractivity contribution in [2.45, 2.75) is 6.54 Å². The molecule has 0 unspecified atom stereocenters. The van der Waals surface area contributed by atoms with E-state index in [0.29, 0.717) is 17.7 Å². The Bertz CT molecular complexity index is 1060. The molecule has 3 aromatic carbocycles. The third kappa shape index (κ3) is 3.04. The van der Waals surface area contributed by atoms with Gasteiger partial charge in [0.05, 0.1) is 5.57 Å². The fourth-order valence-corrected chi connectivity index (χ4v) is 3.33. The Labute approximate surface area is 150 Å². The normalized spacial score (nSPS) is 10.8. The highest BCUT2D eigenvalue weighted by atomic mass is 19.3. The molecule has 1 aromatic heterocycles. The Morgan fingerprint density at radius 2 is 1.35 bits per heavy atom. The largest absolute Gasteiger partial charge is 0.342 e. The standard InChI is InChI=1S/C23H17F2N/c24-23(25)22(18-11-5-2-6-12-18)20-16-26(15-17-9-3-1-4-10-17)21-14-8-7-13-19(20)21/h1-14,16H,15H2. The van der Waals surface area contributed by atoms with Gasteiger partial charge in [-0.1, -0.05) is 78.9 Å². The summed E-state index contributed by atoms with van der Waals surface area (Å²) < 4.78 is 29.8. The second-order valence-electron chi connectivity index (χ2n) is 6.17. The van der Waals surface area contributed by atoms with E-state index in [2.05, 4.69) is 0 Å². The number of hydrogen-bond acceptors (Lipinski definition) is 0. The van der Waals surface area contributed by atoms with Crippen LogP contribution in [0.2, 0.25) is 0 Å².